The highest BCUT2D eigenvalue weighted by atomic mass is 16.5. The van der Waals surface area contributed by atoms with Gasteiger partial charge in [0, 0.05) is 17.3 Å². The molecular formula is C22H26N2O3. The van der Waals surface area contributed by atoms with Crippen LogP contribution < -0.4 is 15.4 Å². The Morgan fingerprint density at radius 3 is 2.59 bits per heavy atom. The quantitative estimate of drug-likeness (QED) is 0.810. The number of nitrogens with one attached hydrogen (secondary N) is 2. The molecule has 1 aliphatic carbocycles. The van der Waals surface area contributed by atoms with E-state index >= 15 is 0 Å². The van der Waals surface area contributed by atoms with Gasteiger partial charge in [-0.15, -0.1) is 0 Å². The second-order valence-electron chi connectivity index (χ2n) is 6.99. The molecule has 3 rings (SSSR count). The topological polar surface area (TPSA) is 67.4 Å². The summed E-state index contributed by atoms with van der Waals surface area (Å²) in [5, 5.41) is 5.88. The van der Waals surface area contributed by atoms with Crippen LogP contribution in [0.2, 0.25) is 0 Å². The Bertz CT molecular complexity index is 798. The molecule has 0 aromatic heterocycles. The van der Waals surface area contributed by atoms with Crippen molar-refractivity contribution in [2.24, 2.45) is 0 Å². The van der Waals surface area contributed by atoms with Crippen molar-refractivity contribution in [3.8, 4) is 5.75 Å². The molecule has 5 nitrogen and oxygen atoms in total. The van der Waals surface area contributed by atoms with E-state index in [2.05, 4.69) is 10.6 Å². The first-order valence-corrected chi connectivity index (χ1v) is 9.51. The van der Waals surface area contributed by atoms with Crippen LogP contribution in [0.5, 0.6) is 5.75 Å². The van der Waals surface area contributed by atoms with E-state index < -0.39 is 0 Å². The molecule has 142 valence electrons. The lowest BCUT2D eigenvalue weighted by Crippen LogP contribution is -2.36. The summed E-state index contributed by atoms with van der Waals surface area (Å²) in [6, 6.07) is 14.8. The molecule has 0 aliphatic heterocycles. The minimum atomic E-state index is -0.261. The SMILES string of the molecule is Cc1ccccc1OCC(=O)Nc1cccc(C(=O)NC2CCCCC2)c1. The number of aryl methyl sites for hydroxylation is 1. The van der Waals surface area contributed by atoms with Crippen molar-refractivity contribution in [2.45, 2.75) is 45.1 Å². The van der Waals surface area contributed by atoms with E-state index in [0.29, 0.717) is 17.0 Å². The van der Waals surface area contributed by atoms with Gasteiger partial charge in [0.2, 0.25) is 0 Å². The minimum absolute atomic E-state index is 0.0800. The van der Waals surface area contributed by atoms with Gasteiger partial charge >= 0.3 is 0 Å². The fourth-order valence-corrected chi connectivity index (χ4v) is 3.31. The second-order valence-corrected chi connectivity index (χ2v) is 6.99. The van der Waals surface area contributed by atoms with E-state index in [-0.39, 0.29) is 24.5 Å². The molecule has 0 radical (unpaired) electrons. The second kappa shape index (κ2) is 9.21. The summed E-state index contributed by atoms with van der Waals surface area (Å²) in [4.78, 5) is 24.6. The van der Waals surface area contributed by atoms with Crippen molar-refractivity contribution in [3.63, 3.8) is 0 Å². The Labute approximate surface area is 160 Å². The van der Waals surface area contributed by atoms with Crippen molar-refractivity contribution in [1.82, 2.24) is 5.32 Å². The number of carbonyl (C=O) groups excluding carboxylic acids is 2. The average Bonchev–Trinajstić information content (AvgIpc) is 2.68. The molecule has 0 unspecified atom stereocenters. The number of ether oxygens (including phenoxy) is 1. The van der Waals surface area contributed by atoms with Crippen LogP contribution in [-0.2, 0) is 4.79 Å². The molecule has 27 heavy (non-hydrogen) atoms. The van der Waals surface area contributed by atoms with Crippen LogP contribution in [0.1, 0.15) is 48.0 Å². The maximum Gasteiger partial charge on any atom is 0.262 e. The summed E-state index contributed by atoms with van der Waals surface area (Å²) in [6.07, 6.45) is 5.67. The summed E-state index contributed by atoms with van der Waals surface area (Å²) in [5.41, 5.74) is 2.12. The largest absolute Gasteiger partial charge is 0.483 e. The molecular weight excluding hydrogens is 340 g/mol. The molecule has 0 heterocycles. The van der Waals surface area contributed by atoms with Gasteiger partial charge in [-0.3, -0.25) is 9.59 Å². The van der Waals surface area contributed by atoms with Crippen LogP contribution in [0.25, 0.3) is 0 Å². The Hall–Kier alpha value is -2.82. The Morgan fingerprint density at radius 2 is 1.81 bits per heavy atom. The van der Waals surface area contributed by atoms with E-state index in [1.54, 1.807) is 24.3 Å². The highest BCUT2D eigenvalue weighted by molar-refractivity contribution is 5.97. The Balaban J connectivity index is 1.54. The van der Waals surface area contributed by atoms with Gasteiger partial charge in [-0.1, -0.05) is 43.5 Å². The number of anilines is 1. The van der Waals surface area contributed by atoms with Crippen molar-refractivity contribution in [3.05, 3.63) is 59.7 Å². The summed E-state index contributed by atoms with van der Waals surface area (Å²) in [7, 11) is 0. The molecule has 0 saturated heterocycles. The van der Waals surface area contributed by atoms with Crippen molar-refractivity contribution in [1.29, 1.82) is 0 Å². The number of benzene rings is 2. The van der Waals surface area contributed by atoms with Gasteiger partial charge in [0.1, 0.15) is 5.75 Å². The number of rotatable bonds is 6. The number of hydrogen-bond acceptors (Lipinski definition) is 3. The third kappa shape index (κ3) is 5.58. The van der Waals surface area contributed by atoms with Crippen molar-refractivity contribution in [2.75, 3.05) is 11.9 Å². The summed E-state index contributed by atoms with van der Waals surface area (Å²) in [5.74, 6) is 0.338. The average molecular weight is 366 g/mol. The van der Waals surface area contributed by atoms with Crippen molar-refractivity contribution < 1.29 is 14.3 Å². The van der Waals surface area contributed by atoms with Crippen LogP contribution in [0, 0.1) is 6.92 Å². The summed E-state index contributed by atoms with van der Waals surface area (Å²) < 4.78 is 5.56. The zero-order chi connectivity index (χ0) is 19.1. The van der Waals surface area contributed by atoms with Gasteiger partial charge in [0.15, 0.2) is 6.61 Å². The Morgan fingerprint density at radius 1 is 1.04 bits per heavy atom. The van der Waals surface area contributed by atoms with Gasteiger partial charge in [0.05, 0.1) is 0 Å². The maximum atomic E-state index is 12.5. The number of carbonyl (C=O) groups is 2. The third-order valence-electron chi connectivity index (χ3n) is 4.80. The van der Waals surface area contributed by atoms with Crippen LogP contribution in [-0.4, -0.2) is 24.5 Å². The maximum absolute atomic E-state index is 12.5. The van der Waals surface area contributed by atoms with Gasteiger partial charge in [0.25, 0.3) is 11.8 Å². The molecule has 1 aliphatic rings. The molecule has 0 bridgehead atoms. The zero-order valence-electron chi connectivity index (χ0n) is 15.7. The Kier molecular flexibility index (Phi) is 6.47. The van der Waals surface area contributed by atoms with Gasteiger partial charge in [-0.2, -0.15) is 0 Å². The summed E-state index contributed by atoms with van der Waals surface area (Å²) >= 11 is 0. The molecule has 1 fully saturated rings. The molecule has 0 atom stereocenters. The van der Waals surface area contributed by atoms with E-state index in [1.807, 2.05) is 31.2 Å². The monoisotopic (exact) mass is 366 g/mol. The van der Waals surface area contributed by atoms with Crippen molar-refractivity contribution >= 4 is 17.5 Å². The normalized spacial score (nSPS) is 14.4. The van der Waals surface area contributed by atoms with Gasteiger partial charge in [-0.25, -0.2) is 0 Å². The van der Waals surface area contributed by atoms with Gasteiger partial charge < -0.3 is 15.4 Å². The van der Waals surface area contributed by atoms with E-state index in [1.165, 1.54) is 19.3 Å². The fraction of sp³-hybridized carbons (Fsp3) is 0.364. The number of para-hydroxylation sites is 1. The molecule has 2 aromatic rings. The number of amides is 2. The molecule has 2 amide bonds. The first-order valence-electron chi connectivity index (χ1n) is 9.51. The lowest BCUT2D eigenvalue weighted by Gasteiger charge is -2.22. The van der Waals surface area contributed by atoms with Crippen LogP contribution >= 0.6 is 0 Å². The van der Waals surface area contributed by atoms with Crippen LogP contribution in [0.4, 0.5) is 5.69 Å². The predicted octanol–water partition coefficient (Wildman–Crippen LogP) is 4.08. The molecule has 2 aromatic carbocycles. The highest BCUT2D eigenvalue weighted by Crippen LogP contribution is 2.19. The molecule has 1 saturated carbocycles. The van der Waals surface area contributed by atoms with Gasteiger partial charge in [-0.05, 0) is 49.6 Å². The smallest absolute Gasteiger partial charge is 0.262 e. The third-order valence-corrected chi connectivity index (χ3v) is 4.80. The van der Waals surface area contributed by atoms with E-state index in [4.69, 9.17) is 4.74 Å². The molecule has 5 heteroatoms. The number of hydrogen-bond donors (Lipinski definition) is 2. The first kappa shape index (κ1) is 19.0. The lowest BCUT2D eigenvalue weighted by molar-refractivity contribution is -0.118. The first-order chi connectivity index (χ1) is 13.1. The van der Waals surface area contributed by atoms with E-state index in [0.717, 1.165) is 18.4 Å². The lowest BCUT2D eigenvalue weighted by atomic mass is 9.95. The standard InChI is InChI=1S/C22H26N2O3/c1-16-8-5-6-13-20(16)27-15-21(25)23-19-12-7-9-17(14-19)22(26)24-18-10-3-2-4-11-18/h5-9,12-14,18H,2-4,10-11,15H2,1H3,(H,23,25)(H,24,26). The fourth-order valence-electron chi connectivity index (χ4n) is 3.31. The highest BCUT2D eigenvalue weighted by Gasteiger charge is 2.17. The predicted molar refractivity (Wildman–Crippen MR) is 106 cm³/mol. The molecule has 0 spiro atoms. The van der Waals surface area contributed by atoms with Crippen LogP contribution in [0.15, 0.2) is 48.5 Å². The summed E-state index contributed by atoms with van der Waals surface area (Å²) in [6.45, 7) is 1.85. The zero-order valence-corrected chi connectivity index (χ0v) is 15.7. The van der Waals surface area contributed by atoms with Crippen LogP contribution in [0.3, 0.4) is 0 Å². The van der Waals surface area contributed by atoms with E-state index in [9.17, 15) is 9.59 Å². The molecule has 2 N–H and O–H groups in total. The minimum Gasteiger partial charge on any atom is -0.483 e.